The van der Waals surface area contributed by atoms with Crippen molar-refractivity contribution in [2.75, 3.05) is 34.4 Å². The number of hydrogen-bond acceptors (Lipinski definition) is 6. The molecule has 0 spiro atoms. The van der Waals surface area contributed by atoms with Crippen LogP contribution in [0.4, 0.5) is 0 Å². The smallest absolute Gasteiger partial charge is 0.307 e. The number of benzene rings is 1. The molecule has 138 valence electrons. The number of nitrogens with one attached hydrogen (secondary N) is 2. The second-order valence-corrected chi connectivity index (χ2v) is 5.98. The first kappa shape index (κ1) is 19.1. The topological polar surface area (TPSA) is 85.9 Å². The van der Waals surface area contributed by atoms with Gasteiger partial charge in [-0.2, -0.15) is 0 Å². The highest BCUT2D eigenvalue weighted by Crippen LogP contribution is 2.31. The van der Waals surface area contributed by atoms with Crippen molar-refractivity contribution in [1.29, 1.82) is 0 Å². The van der Waals surface area contributed by atoms with Crippen molar-refractivity contribution >= 4 is 11.9 Å². The van der Waals surface area contributed by atoms with E-state index in [1.165, 1.54) is 7.11 Å². The Hall–Kier alpha value is -2.28. The fourth-order valence-electron chi connectivity index (χ4n) is 2.95. The minimum absolute atomic E-state index is 0.0369. The number of amides is 1. The molecule has 1 fully saturated rings. The first-order valence-corrected chi connectivity index (χ1v) is 8.38. The summed E-state index contributed by atoms with van der Waals surface area (Å²) in [5.41, 5.74) is 0.769. The molecular formula is C18H26N2O5. The summed E-state index contributed by atoms with van der Waals surface area (Å²) in [6.07, 6.45) is 1.65. The molecule has 2 N–H and O–H groups in total. The van der Waals surface area contributed by atoms with Gasteiger partial charge in [-0.25, -0.2) is 0 Å². The quantitative estimate of drug-likeness (QED) is 0.724. The fraction of sp³-hybridized carbons (Fsp3) is 0.556. The van der Waals surface area contributed by atoms with Crippen LogP contribution in [-0.2, 0) is 14.3 Å². The Morgan fingerprint density at radius 1 is 1.16 bits per heavy atom. The maximum absolute atomic E-state index is 12.6. The maximum atomic E-state index is 12.6. The molecule has 0 radical (unpaired) electrons. The third-order valence-electron chi connectivity index (χ3n) is 4.43. The van der Waals surface area contributed by atoms with Gasteiger partial charge in [0, 0.05) is 5.92 Å². The minimum Gasteiger partial charge on any atom is -0.493 e. The summed E-state index contributed by atoms with van der Waals surface area (Å²) in [5, 5.41) is 6.23. The standard InChI is InChI=1S/C18H26N2O5/c1-23-15-5-4-13(10-16(15)24-2)14(11-17(21)25-3)20-18(22)12-6-8-19-9-7-12/h4-5,10,12,14,19H,6-9,11H2,1-3H3,(H,20,22). The Labute approximate surface area is 148 Å². The molecule has 7 nitrogen and oxygen atoms in total. The Morgan fingerprint density at radius 2 is 1.84 bits per heavy atom. The normalized spacial score (nSPS) is 16.0. The van der Waals surface area contributed by atoms with E-state index in [-0.39, 0.29) is 24.2 Å². The summed E-state index contributed by atoms with van der Waals surface area (Å²) in [4.78, 5) is 24.4. The molecular weight excluding hydrogens is 324 g/mol. The van der Waals surface area contributed by atoms with Gasteiger partial charge in [0.15, 0.2) is 11.5 Å². The van der Waals surface area contributed by atoms with Gasteiger partial charge in [-0.1, -0.05) is 6.07 Å². The van der Waals surface area contributed by atoms with Crippen LogP contribution < -0.4 is 20.1 Å². The van der Waals surface area contributed by atoms with Gasteiger partial charge in [-0.15, -0.1) is 0 Å². The van der Waals surface area contributed by atoms with Gasteiger partial charge >= 0.3 is 5.97 Å². The lowest BCUT2D eigenvalue weighted by Gasteiger charge is -2.25. The molecule has 1 amide bonds. The molecule has 1 atom stereocenters. The molecule has 0 bridgehead atoms. The molecule has 0 aliphatic carbocycles. The van der Waals surface area contributed by atoms with Crippen molar-refractivity contribution in [2.24, 2.45) is 5.92 Å². The van der Waals surface area contributed by atoms with Gasteiger partial charge in [0.25, 0.3) is 0 Å². The molecule has 1 unspecified atom stereocenters. The lowest BCUT2D eigenvalue weighted by atomic mass is 9.95. The predicted octanol–water partition coefficient (Wildman–Crippen LogP) is 1.42. The van der Waals surface area contributed by atoms with Crippen LogP contribution in [0.1, 0.15) is 30.9 Å². The van der Waals surface area contributed by atoms with E-state index in [0.29, 0.717) is 11.5 Å². The number of methoxy groups -OCH3 is 3. The summed E-state index contributed by atoms with van der Waals surface area (Å²) in [5.74, 6) is 0.677. The molecule has 0 aromatic heterocycles. The van der Waals surface area contributed by atoms with Crippen molar-refractivity contribution in [3.63, 3.8) is 0 Å². The summed E-state index contributed by atoms with van der Waals surface area (Å²) in [6, 6.07) is 4.87. The van der Waals surface area contributed by atoms with Gasteiger partial charge < -0.3 is 24.8 Å². The highest BCUT2D eigenvalue weighted by molar-refractivity contribution is 5.80. The zero-order chi connectivity index (χ0) is 18.2. The highest BCUT2D eigenvalue weighted by Gasteiger charge is 2.26. The average Bonchev–Trinajstić information content (AvgIpc) is 2.67. The lowest BCUT2D eigenvalue weighted by molar-refractivity contribution is -0.141. The van der Waals surface area contributed by atoms with Gasteiger partial charge in [0.1, 0.15) is 0 Å². The largest absolute Gasteiger partial charge is 0.493 e. The van der Waals surface area contributed by atoms with Crippen molar-refractivity contribution in [3.8, 4) is 11.5 Å². The first-order valence-electron chi connectivity index (χ1n) is 8.38. The Morgan fingerprint density at radius 3 is 2.44 bits per heavy atom. The van der Waals surface area contributed by atoms with E-state index in [1.807, 2.05) is 6.07 Å². The summed E-state index contributed by atoms with van der Waals surface area (Å²) in [6.45, 7) is 1.66. The second-order valence-electron chi connectivity index (χ2n) is 5.98. The van der Waals surface area contributed by atoms with Crippen molar-refractivity contribution in [2.45, 2.75) is 25.3 Å². The van der Waals surface area contributed by atoms with E-state index in [2.05, 4.69) is 10.6 Å². The van der Waals surface area contributed by atoms with Crippen LogP contribution in [-0.4, -0.2) is 46.3 Å². The fourth-order valence-corrected chi connectivity index (χ4v) is 2.95. The third kappa shape index (κ3) is 5.09. The highest BCUT2D eigenvalue weighted by atomic mass is 16.5. The Balaban J connectivity index is 2.19. The van der Waals surface area contributed by atoms with Crippen molar-refractivity contribution in [3.05, 3.63) is 23.8 Å². The predicted molar refractivity (Wildman–Crippen MR) is 92.7 cm³/mol. The molecule has 1 aromatic carbocycles. The van der Waals surface area contributed by atoms with E-state index in [0.717, 1.165) is 31.5 Å². The Kier molecular flexibility index (Phi) is 7.06. The van der Waals surface area contributed by atoms with E-state index in [1.54, 1.807) is 26.4 Å². The molecule has 1 aromatic rings. The van der Waals surface area contributed by atoms with E-state index >= 15 is 0 Å². The molecule has 1 aliphatic heterocycles. The third-order valence-corrected chi connectivity index (χ3v) is 4.43. The lowest BCUT2D eigenvalue weighted by Crippen LogP contribution is -2.40. The molecule has 0 saturated carbocycles. The SMILES string of the molecule is COC(=O)CC(NC(=O)C1CCNCC1)c1ccc(OC)c(OC)c1. The number of hydrogen-bond donors (Lipinski definition) is 2. The maximum Gasteiger partial charge on any atom is 0.307 e. The molecule has 1 aliphatic rings. The van der Waals surface area contributed by atoms with Crippen LogP contribution in [0, 0.1) is 5.92 Å². The molecule has 1 heterocycles. The summed E-state index contributed by atoms with van der Waals surface area (Å²) >= 11 is 0. The van der Waals surface area contributed by atoms with Crippen LogP contribution in [0.2, 0.25) is 0 Å². The number of ether oxygens (including phenoxy) is 3. The van der Waals surface area contributed by atoms with E-state index in [4.69, 9.17) is 14.2 Å². The second kappa shape index (κ2) is 9.27. The zero-order valence-corrected chi connectivity index (χ0v) is 15.0. The van der Waals surface area contributed by atoms with Crippen LogP contribution in [0.25, 0.3) is 0 Å². The molecule has 2 rings (SSSR count). The zero-order valence-electron chi connectivity index (χ0n) is 15.0. The number of esters is 1. The number of piperidine rings is 1. The van der Waals surface area contributed by atoms with Crippen molar-refractivity contribution in [1.82, 2.24) is 10.6 Å². The van der Waals surface area contributed by atoms with Crippen LogP contribution in [0.5, 0.6) is 11.5 Å². The van der Waals surface area contributed by atoms with Gasteiger partial charge in [0.2, 0.25) is 5.91 Å². The summed E-state index contributed by atoms with van der Waals surface area (Å²) in [7, 11) is 4.44. The summed E-state index contributed by atoms with van der Waals surface area (Å²) < 4.78 is 15.3. The van der Waals surface area contributed by atoms with Gasteiger partial charge in [-0.05, 0) is 43.6 Å². The monoisotopic (exact) mass is 350 g/mol. The number of rotatable bonds is 7. The van der Waals surface area contributed by atoms with Crippen LogP contribution >= 0.6 is 0 Å². The van der Waals surface area contributed by atoms with Crippen LogP contribution in [0.3, 0.4) is 0 Å². The average molecular weight is 350 g/mol. The van der Waals surface area contributed by atoms with Gasteiger partial charge in [-0.3, -0.25) is 9.59 Å². The molecule has 25 heavy (non-hydrogen) atoms. The van der Waals surface area contributed by atoms with Crippen molar-refractivity contribution < 1.29 is 23.8 Å². The first-order chi connectivity index (χ1) is 12.1. The van der Waals surface area contributed by atoms with E-state index < -0.39 is 6.04 Å². The van der Waals surface area contributed by atoms with E-state index in [9.17, 15) is 9.59 Å². The van der Waals surface area contributed by atoms with Gasteiger partial charge in [0.05, 0.1) is 33.8 Å². The Bertz CT molecular complexity index is 599. The van der Waals surface area contributed by atoms with Crippen LogP contribution in [0.15, 0.2) is 18.2 Å². The molecule has 1 saturated heterocycles. The number of carbonyl (C=O) groups is 2. The minimum atomic E-state index is -0.477. The molecule has 7 heteroatoms. The number of carbonyl (C=O) groups excluding carboxylic acids is 2.